The highest BCUT2D eigenvalue weighted by Gasteiger charge is 2.19. The van der Waals surface area contributed by atoms with Crippen LogP contribution in [0.2, 0.25) is 0 Å². The number of anilines is 1. The molecule has 6 nitrogen and oxygen atoms in total. The van der Waals surface area contributed by atoms with Gasteiger partial charge in [-0.25, -0.2) is 4.79 Å². The zero-order valence-corrected chi connectivity index (χ0v) is 14.2. The molecular weight excluding hydrogens is 320 g/mol. The average Bonchev–Trinajstić information content (AvgIpc) is 2.61. The number of carboxylic acid groups (broad SMARTS) is 1. The normalized spacial score (nSPS) is 12.7. The Kier molecular flexibility index (Phi) is 6.39. The van der Waals surface area contributed by atoms with Gasteiger partial charge in [0.1, 0.15) is 11.5 Å². The first-order chi connectivity index (χ1) is 12.0. The third kappa shape index (κ3) is 5.53. The molecule has 0 heterocycles. The monoisotopic (exact) mass is 341 g/mol. The molecule has 2 aromatic carbocycles. The molecule has 2 rings (SSSR count). The van der Waals surface area contributed by atoms with Gasteiger partial charge in [0.2, 0.25) is 0 Å². The van der Waals surface area contributed by atoms with E-state index < -0.39 is 18.0 Å². The van der Waals surface area contributed by atoms with Gasteiger partial charge in [0.15, 0.2) is 0 Å². The Morgan fingerprint density at radius 1 is 1.04 bits per heavy atom. The van der Waals surface area contributed by atoms with Crippen LogP contribution in [0.4, 0.5) is 10.5 Å². The van der Waals surface area contributed by atoms with Crippen molar-refractivity contribution in [1.29, 1.82) is 0 Å². The van der Waals surface area contributed by atoms with Crippen LogP contribution < -0.4 is 20.5 Å². The standard InChI is InChI=1S/C19H22N2O4/c1-3-13(2)17(18(22)23)21-19(24)20-14-9-11-16(12-10-14)25-15-7-5-4-6-8-15/h4-13,17H,3H2,1-2H3,(H,22,23)(H2,20,21,24)/p-1/t13-,17+/m1/s1. The van der Waals surface area contributed by atoms with Crippen LogP contribution in [0, 0.1) is 5.92 Å². The summed E-state index contributed by atoms with van der Waals surface area (Å²) < 4.78 is 5.67. The number of rotatable bonds is 7. The highest BCUT2D eigenvalue weighted by molar-refractivity contribution is 5.92. The minimum atomic E-state index is -1.30. The van der Waals surface area contributed by atoms with Crippen molar-refractivity contribution in [2.75, 3.05) is 5.32 Å². The number of carbonyl (C=O) groups is 2. The highest BCUT2D eigenvalue weighted by Crippen LogP contribution is 2.22. The lowest BCUT2D eigenvalue weighted by molar-refractivity contribution is -0.309. The smallest absolute Gasteiger partial charge is 0.319 e. The first-order valence-electron chi connectivity index (χ1n) is 8.11. The molecule has 0 saturated carbocycles. The quantitative estimate of drug-likeness (QED) is 0.810. The van der Waals surface area contributed by atoms with Gasteiger partial charge in [-0.1, -0.05) is 38.5 Å². The molecule has 0 saturated heterocycles. The zero-order chi connectivity index (χ0) is 18.2. The maximum Gasteiger partial charge on any atom is 0.319 e. The minimum absolute atomic E-state index is 0.225. The number of carboxylic acids is 1. The SMILES string of the molecule is CC[C@@H](C)[C@H](NC(=O)Nc1ccc(Oc2ccccc2)cc1)C(=O)[O-]. The van der Waals surface area contributed by atoms with Gasteiger partial charge < -0.3 is 25.3 Å². The largest absolute Gasteiger partial charge is 0.548 e. The Hall–Kier alpha value is -3.02. The lowest BCUT2D eigenvalue weighted by Gasteiger charge is -2.25. The van der Waals surface area contributed by atoms with Crippen molar-refractivity contribution < 1.29 is 19.4 Å². The molecule has 0 fully saturated rings. The van der Waals surface area contributed by atoms with E-state index in [1.807, 2.05) is 37.3 Å². The van der Waals surface area contributed by atoms with Crippen molar-refractivity contribution in [1.82, 2.24) is 5.32 Å². The number of amides is 2. The van der Waals surface area contributed by atoms with E-state index in [2.05, 4.69) is 10.6 Å². The number of aliphatic carboxylic acids is 1. The molecule has 6 heteroatoms. The number of para-hydroxylation sites is 1. The predicted molar refractivity (Wildman–Crippen MR) is 93.4 cm³/mol. The summed E-state index contributed by atoms with van der Waals surface area (Å²) in [6.07, 6.45) is 0.616. The van der Waals surface area contributed by atoms with Crippen molar-refractivity contribution in [2.24, 2.45) is 5.92 Å². The molecule has 0 spiro atoms. The lowest BCUT2D eigenvalue weighted by Crippen LogP contribution is -2.52. The van der Waals surface area contributed by atoms with Gasteiger partial charge in [0, 0.05) is 5.69 Å². The van der Waals surface area contributed by atoms with Crippen LogP contribution >= 0.6 is 0 Å². The van der Waals surface area contributed by atoms with Gasteiger partial charge in [0.05, 0.1) is 12.0 Å². The fourth-order valence-electron chi connectivity index (χ4n) is 2.21. The highest BCUT2D eigenvalue weighted by atomic mass is 16.5. The van der Waals surface area contributed by atoms with Crippen LogP contribution in [-0.2, 0) is 4.79 Å². The van der Waals surface area contributed by atoms with Crippen molar-refractivity contribution >= 4 is 17.7 Å². The van der Waals surface area contributed by atoms with Crippen LogP contribution in [0.15, 0.2) is 54.6 Å². The van der Waals surface area contributed by atoms with Gasteiger partial charge in [-0.05, 0) is 42.3 Å². The topological polar surface area (TPSA) is 90.5 Å². The fraction of sp³-hybridized carbons (Fsp3) is 0.263. The molecule has 0 aliphatic heterocycles. The molecule has 2 atom stereocenters. The lowest BCUT2D eigenvalue weighted by atomic mass is 9.99. The van der Waals surface area contributed by atoms with Gasteiger partial charge in [-0.2, -0.15) is 0 Å². The van der Waals surface area contributed by atoms with Crippen molar-refractivity contribution in [3.63, 3.8) is 0 Å². The van der Waals surface area contributed by atoms with Gasteiger partial charge >= 0.3 is 6.03 Å². The first-order valence-corrected chi connectivity index (χ1v) is 8.11. The van der Waals surface area contributed by atoms with Crippen LogP contribution in [0.1, 0.15) is 20.3 Å². The van der Waals surface area contributed by atoms with E-state index in [-0.39, 0.29) is 5.92 Å². The van der Waals surface area contributed by atoms with E-state index in [4.69, 9.17) is 4.74 Å². The van der Waals surface area contributed by atoms with E-state index in [1.54, 1.807) is 31.2 Å². The number of carbonyl (C=O) groups excluding carboxylic acids is 2. The summed E-state index contributed by atoms with van der Waals surface area (Å²) in [6.45, 7) is 3.60. The molecular formula is C19H21N2O4-. The second-order valence-corrected chi connectivity index (χ2v) is 5.72. The van der Waals surface area contributed by atoms with Crippen molar-refractivity contribution in [3.05, 3.63) is 54.6 Å². The van der Waals surface area contributed by atoms with Gasteiger partial charge in [-0.15, -0.1) is 0 Å². The van der Waals surface area contributed by atoms with Crippen molar-refractivity contribution in [3.8, 4) is 11.5 Å². The minimum Gasteiger partial charge on any atom is -0.548 e. The summed E-state index contributed by atoms with van der Waals surface area (Å²) in [6, 6.07) is 14.5. The van der Waals surface area contributed by atoms with E-state index >= 15 is 0 Å². The number of nitrogens with one attached hydrogen (secondary N) is 2. The molecule has 0 bridgehead atoms. The molecule has 2 aromatic rings. The van der Waals surface area contributed by atoms with E-state index in [1.165, 1.54) is 0 Å². The first kappa shape index (κ1) is 18.3. The Labute approximate surface area is 146 Å². The van der Waals surface area contributed by atoms with E-state index in [0.29, 0.717) is 23.6 Å². The number of urea groups is 1. The Balaban J connectivity index is 1.94. The zero-order valence-electron chi connectivity index (χ0n) is 14.2. The van der Waals surface area contributed by atoms with E-state index in [0.717, 1.165) is 0 Å². The number of benzene rings is 2. The average molecular weight is 341 g/mol. The van der Waals surface area contributed by atoms with Crippen molar-refractivity contribution in [2.45, 2.75) is 26.3 Å². The third-order valence-electron chi connectivity index (χ3n) is 3.84. The number of hydrogen-bond acceptors (Lipinski definition) is 4. The van der Waals surface area contributed by atoms with Crippen LogP contribution in [0.5, 0.6) is 11.5 Å². The molecule has 0 radical (unpaired) electrons. The Morgan fingerprint density at radius 3 is 2.20 bits per heavy atom. The molecule has 2 amide bonds. The molecule has 2 N–H and O–H groups in total. The Bertz CT molecular complexity index is 701. The molecule has 0 unspecified atom stereocenters. The Morgan fingerprint density at radius 2 is 1.64 bits per heavy atom. The van der Waals surface area contributed by atoms with Crippen LogP contribution in [-0.4, -0.2) is 18.0 Å². The molecule has 132 valence electrons. The fourth-order valence-corrected chi connectivity index (χ4v) is 2.21. The molecule has 25 heavy (non-hydrogen) atoms. The third-order valence-corrected chi connectivity index (χ3v) is 3.84. The van der Waals surface area contributed by atoms with Crippen LogP contribution in [0.3, 0.4) is 0 Å². The predicted octanol–water partition coefficient (Wildman–Crippen LogP) is 2.77. The summed E-state index contributed by atoms with van der Waals surface area (Å²) in [5.41, 5.74) is 0.527. The second kappa shape index (κ2) is 8.73. The van der Waals surface area contributed by atoms with Crippen LogP contribution in [0.25, 0.3) is 0 Å². The summed E-state index contributed by atoms with van der Waals surface area (Å²) in [7, 11) is 0. The second-order valence-electron chi connectivity index (χ2n) is 5.72. The number of hydrogen-bond donors (Lipinski definition) is 2. The maximum absolute atomic E-state index is 12.0. The summed E-state index contributed by atoms with van der Waals surface area (Å²) >= 11 is 0. The molecule has 0 aliphatic carbocycles. The summed E-state index contributed by atoms with van der Waals surface area (Å²) in [4.78, 5) is 23.1. The van der Waals surface area contributed by atoms with Gasteiger partial charge in [0.25, 0.3) is 0 Å². The maximum atomic E-state index is 12.0. The van der Waals surface area contributed by atoms with E-state index in [9.17, 15) is 14.7 Å². The number of ether oxygens (including phenoxy) is 1. The summed E-state index contributed by atoms with van der Waals surface area (Å²) in [5, 5.41) is 16.2. The molecule has 0 aromatic heterocycles. The summed E-state index contributed by atoms with van der Waals surface area (Å²) in [5.74, 6) is -0.177. The van der Waals surface area contributed by atoms with Gasteiger partial charge in [-0.3, -0.25) is 0 Å². The molecule has 0 aliphatic rings.